The van der Waals surface area contributed by atoms with Crippen molar-refractivity contribution >= 4 is 5.91 Å². The zero-order valence-corrected chi connectivity index (χ0v) is 9.88. The highest BCUT2D eigenvalue weighted by atomic mass is 16.4. The lowest BCUT2D eigenvalue weighted by atomic mass is 10.3. The fraction of sp³-hybridized carbons (Fsp3) is 0.333. The maximum atomic E-state index is 11.6. The summed E-state index contributed by atoms with van der Waals surface area (Å²) in [6.45, 7) is 4.35. The van der Waals surface area contributed by atoms with Gasteiger partial charge in [0, 0.05) is 18.4 Å². The van der Waals surface area contributed by atoms with Crippen LogP contribution in [0.4, 0.5) is 0 Å². The van der Waals surface area contributed by atoms with Crippen LogP contribution in [0.15, 0.2) is 35.0 Å². The first-order valence-electron chi connectivity index (χ1n) is 5.52. The van der Waals surface area contributed by atoms with Gasteiger partial charge in [0.2, 0.25) is 0 Å². The topological polar surface area (TPSA) is 60.1 Å². The Morgan fingerprint density at radius 2 is 2.35 bits per heavy atom. The third kappa shape index (κ3) is 2.96. The minimum Gasteiger partial charge on any atom is -0.454 e. The second-order valence-corrected chi connectivity index (χ2v) is 4.10. The standard InChI is InChI=1S/C12H15N3O2/c1-9(2)14-12(16)11-5-4-10(17-11)8-15-7-3-6-13-15/h3-7,9H,8H2,1-2H3,(H,14,16). The van der Waals surface area contributed by atoms with Crippen LogP contribution in [0.2, 0.25) is 0 Å². The van der Waals surface area contributed by atoms with E-state index in [1.807, 2.05) is 26.1 Å². The Morgan fingerprint density at radius 3 is 3.00 bits per heavy atom. The second kappa shape index (κ2) is 4.86. The van der Waals surface area contributed by atoms with E-state index in [0.717, 1.165) is 0 Å². The number of hydrogen-bond donors (Lipinski definition) is 1. The summed E-state index contributed by atoms with van der Waals surface area (Å²) in [5.41, 5.74) is 0. The lowest BCUT2D eigenvalue weighted by Gasteiger charge is -2.05. The molecule has 5 nitrogen and oxygen atoms in total. The van der Waals surface area contributed by atoms with Gasteiger partial charge in [-0.3, -0.25) is 9.48 Å². The second-order valence-electron chi connectivity index (χ2n) is 4.10. The summed E-state index contributed by atoms with van der Waals surface area (Å²) in [7, 11) is 0. The van der Waals surface area contributed by atoms with Gasteiger partial charge in [-0.15, -0.1) is 0 Å². The number of hydrogen-bond acceptors (Lipinski definition) is 3. The number of furan rings is 1. The highest BCUT2D eigenvalue weighted by molar-refractivity contribution is 5.91. The van der Waals surface area contributed by atoms with Crippen molar-refractivity contribution in [2.24, 2.45) is 0 Å². The fourth-order valence-corrected chi connectivity index (χ4v) is 1.47. The van der Waals surface area contributed by atoms with E-state index in [4.69, 9.17) is 4.42 Å². The Kier molecular flexibility index (Phi) is 3.27. The SMILES string of the molecule is CC(C)NC(=O)c1ccc(Cn2cccn2)o1. The molecule has 0 saturated heterocycles. The summed E-state index contributed by atoms with van der Waals surface area (Å²) in [6.07, 6.45) is 3.55. The molecule has 90 valence electrons. The number of amides is 1. The molecule has 0 aliphatic carbocycles. The molecule has 2 rings (SSSR count). The Bertz CT molecular complexity index is 486. The van der Waals surface area contributed by atoms with Crippen molar-refractivity contribution in [3.8, 4) is 0 Å². The van der Waals surface area contributed by atoms with Crippen LogP contribution in [0.3, 0.4) is 0 Å². The van der Waals surface area contributed by atoms with E-state index in [2.05, 4.69) is 10.4 Å². The summed E-state index contributed by atoms with van der Waals surface area (Å²) in [6, 6.07) is 5.41. The van der Waals surface area contributed by atoms with Crippen LogP contribution in [0, 0.1) is 0 Å². The van der Waals surface area contributed by atoms with Crippen molar-refractivity contribution in [3.05, 3.63) is 42.1 Å². The Balaban J connectivity index is 2.03. The van der Waals surface area contributed by atoms with Gasteiger partial charge in [0.15, 0.2) is 5.76 Å². The Labute approximate surface area is 99.4 Å². The van der Waals surface area contributed by atoms with Gasteiger partial charge in [-0.2, -0.15) is 5.10 Å². The van der Waals surface area contributed by atoms with Gasteiger partial charge in [0.05, 0.1) is 6.54 Å². The third-order valence-electron chi connectivity index (χ3n) is 2.18. The molecule has 0 radical (unpaired) electrons. The summed E-state index contributed by atoms with van der Waals surface area (Å²) in [4.78, 5) is 11.6. The van der Waals surface area contributed by atoms with E-state index in [9.17, 15) is 4.79 Å². The molecule has 0 spiro atoms. The molecule has 2 heterocycles. The number of aromatic nitrogens is 2. The van der Waals surface area contributed by atoms with Crippen LogP contribution in [-0.4, -0.2) is 21.7 Å². The normalized spacial score (nSPS) is 10.8. The lowest BCUT2D eigenvalue weighted by molar-refractivity contribution is 0.0913. The van der Waals surface area contributed by atoms with Crippen LogP contribution in [0.25, 0.3) is 0 Å². The molecule has 0 saturated carbocycles. The van der Waals surface area contributed by atoms with E-state index >= 15 is 0 Å². The van der Waals surface area contributed by atoms with Gasteiger partial charge in [-0.25, -0.2) is 0 Å². The van der Waals surface area contributed by atoms with Crippen molar-refractivity contribution < 1.29 is 9.21 Å². The summed E-state index contributed by atoms with van der Waals surface area (Å²) >= 11 is 0. The first-order chi connectivity index (χ1) is 8.15. The van der Waals surface area contributed by atoms with Gasteiger partial charge >= 0.3 is 0 Å². The molecule has 5 heteroatoms. The van der Waals surface area contributed by atoms with E-state index < -0.39 is 0 Å². The predicted octanol–water partition coefficient (Wildman–Crippen LogP) is 1.66. The molecule has 17 heavy (non-hydrogen) atoms. The van der Waals surface area contributed by atoms with Gasteiger partial charge in [-0.05, 0) is 32.0 Å². The largest absolute Gasteiger partial charge is 0.454 e. The Hall–Kier alpha value is -2.04. The minimum atomic E-state index is -0.188. The number of nitrogens with one attached hydrogen (secondary N) is 1. The molecular weight excluding hydrogens is 218 g/mol. The van der Waals surface area contributed by atoms with E-state index in [0.29, 0.717) is 18.1 Å². The van der Waals surface area contributed by atoms with Gasteiger partial charge < -0.3 is 9.73 Å². The fourth-order valence-electron chi connectivity index (χ4n) is 1.47. The van der Waals surface area contributed by atoms with Crippen molar-refractivity contribution in [3.63, 3.8) is 0 Å². The molecule has 0 aliphatic heterocycles. The van der Waals surface area contributed by atoms with Gasteiger partial charge in [0.1, 0.15) is 5.76 Å². The van der Waals surface area contributed by atoms with Crippen LogP contribution in [0.5, 0.6) is 0 Å². The molecule has 0 bridgehead atoms. The number of rotatable bonds is 4. The van der Waals surface area contributed by atoms with Crippen molar-refractivity contribution in [2.45, 2.75) is 26.4 Å². The summed E-state index contributed by atoms with van der Waals surface area (Å²) in [5.74, 6) is 0.857. The molecule has 2 aromatic rings. The highest BCUT2D eigenvalue weighted by Gasteiger charge is 2.12. The maximum absolute atomic E-state index is 11.6. The summed E-state index contributed by atoms with van der Waals surface area (Å²) in [5, 5.41) is 6.85. The van der Waals surface area contributed by atoms with E-state index in [-0.39, 0.29) is 11.9 Å². The van der Waals surface area contributed by atoms with Crippen LogP contribution >= 0.6 is 0 Å². The molecule has 1 amide bonds. The number of nitrogens with zero attached hydrogens (tertiary/aromatic N) is 2. The molecular formula is C12H15N3O2. The average molecular weight is 233 g/mol. The zero-order chi connectivity index (χ0) is 12.3. The smallest absolute Gasteiger partial charge is 0.287 e. The molecule has 0 aromatic carbocycles. The van der Waals surface area contributed by atoms with Crippen LogP contribution in [0.1, 0.15) is 30.2 Å². The minimum absolute atomic E-state index is 0.0992. The maximum Gasteiger partial charge on any atom is 0.287 e. The summed E-state index contributed by atoms with van der Waals surface area (Å²) < 4.78 is 7.19. The van der Waals surface area contributed by atoms with Crippen LogP contribution in [-0.2, 0) is 6.54 Å². The molecule has 0 atom stereocenters. The number of carbonyl (C=O) groups is 1. The zero-order valence-electron chi connectivity index (χ0n) is 9.88. The van der Waals surface area contributed by atoms with Gasteiger partial charge in [0.25, 0.3) is 5.91 Å². The average Bonchev–Trinajstić information content (AvgIpc) is 2.88. The monoisotopic (exact) mass is 233 g/mol. The molecule has 0 unspecified atom stereocenters. The predicted molar refractivity (Wildman–Crippen MR) is 62.6 cm³/mol. The van der Waals surface area contributed by atoms with Gasteiger partial charge in [-0.1, -0.05) is 0 Å². The third-order valence-corrected chi connectivity index (χ3v) is 2.18. The van der Waals surface area contributed by atoms with Crippen molar-refractivity contribution in [1.82, 2.24) is 15.1 Å². The highest BCUT2D eigenvalue weighted by Crippen LogP contribution is 2.09. The first kappa shape index (κ1) is 11.4. The number of carbonyl (C=O) groups excluding carboxylic acids is 1. The van der Waals surface area contributed by atoms with Crippen LogP contribution < -0.4 is 5.32 Å². The molecule has 0 fully saturated rings. The first-order valence-corrected chi connectivity index (χ1v) is 5.52. The Morgan fingerprint density at radius 1 is 1.53 bits per heavy atom. The van der Waals surface area contributed by atoms with E-state index in [1.54, 1.807) is 23.0 Å². The quantitative estimate of drug-likeness (QED) is 0.873. The molecule has 2 aromatic heterocycles. The lowest BCUT2D eigenvalue weighted by Crippen LogP contribution is -2.29. The van der Waals surface area contributed by atoms with E-state index in [1.165, 1.54) is 0 Å². The van der Waals surface area contributed by atoms with Crippen molar-refractivity contribution in [2.75, 3.05) is 0 Å². The van der Waals surface area contributed by atoms with Crippen molar-refractivity contribution in [1.29, 1.82) is 0 Å². The molecule has 0 aliphatic rings. The molecule has 1 N–H and O–H groups in total.